The standard InChI is InChI=1S/C13H14F14.C2H6/c1-7(6-9(15,12(22,23)24)13(25,26)27)4-2-3-5-8(14,10(16,17)18)11(19,20)21;1-2/h7H,2-6H2,1H3;1-2H3. The molecule has 0 amide bonds. The van der Waals surface area contributed by atoms with Crippen LogP contribution in [0.4, 0.5) is 61.5 Å². The van der Waals surface area contributed by atoms with Crippen molar-refractivity contribution in [2.75, 3.05) is 0 Å². The molecule has 0 spiro atoms. The molecule has 0 aliphatic heterocycles. The molecule has 29 heavy (non-hydrogen) atoms. The summed E-state index contributed by atoms with van der Waals surface area (Å²) in [6, 6.07) is 0. The van der Waals surface area contributed by atoms with E-state index in [0.29, 0.717) is 6.92 Å². The Hall–Kier alpha value is -0.980. The first-order chi connectivity index (χ1) is 12.6. The summed E-state index contributed by atoms with van der Waals surface area (Å²) in [5, 5.41) is 0. The first kappa shape index (κ1) is 30.2. The fraction of sp³-hybridized carbons (Fsp3) is 1.00. The van der Waals surface area contributed by atoms with Gasteiger partial charge in [-0.15, -0.1) is 0 Å². The molecule has 1 unspecified atom stereocenters. The average Bonchev–Trinajstić information content (AvgIpc) is 2.48. The van der Waals surface area contributed by atoms with Crippen LogP contribution in [0.15, 0.2) is 0 Å². The van der Waals surface area contributed by atoms with Crippen LogP contribution in [0, 0.1) is 5.92 Å². The van der Waals surface area contributed by atoms with Gasteiger partial charge in [0.2, 0.25) is 0 Å². The summed E-state index contributed by atoms with van der Waals surface area (Å²) in [4.78, 5) is 0. The predicted molar refractivity (Wildman–Crippen MR) is 75.5 cm³/mol. The third-order valence-electron chi connectivity index (χ3n) is 3.90. The number of unbranched alkanes of at least 4 members (excludes halogenated alkanes) is 1. The van der Waals surface area contributed by atoms with E-state index in [1.165, 1.54) is 0 Å². The van der Waals surface area contributed by atoms with Gasteiger partial charge in [0.25, 0.3) is 11.3 Å². The van der Waals surface area contributed by atoms with E-state index < -0.39 is 74.1 Å². The summed E-state index contributed by atoms with van der Waals surface area (Å²) in [6.45, 7) is 4.71. The van der Waals surface area contributed by atoms with E-state index in [1.807, 2.05) is 13.8 Å². The molecule has 178 valence electrons. The molecule has 0 N–H and O–H groups in total. The summed E-state index contributed by atoms with van der Waals surface area (Å²) in [5.74, 6) is -1.70. The van der Waals surface area contributed by atoms with Crippen molar-refractivity contribution < 1.29 is 61.5 Å². The van der Waals surface area contributed by atoms with Gasteiger partial charge in [-0.2, -0.15) is 52.7 Å². The largest absolute Gasteiger partial charge is 0.431 e. The van der Waals surface area contributed by atoms with Gasteiger partial charge in [-0.25, -0.2) is 8.78 Å². The Bertz CT molecular complexity index is 439. The highest BCUT2D eigenvalue weighted by Gasteiger charge is 2.73. The average molecular weight is 466 g/mol. The molecule has 0 nitrogen and oxygen atoms in total. The van der Waals surface area contributed by atoms with Crippen LogP contribution in [0.3, 0.4) is 0 Å². The second-order valence-corrected chi connectivity index (χ2v) is 6.15. The third-order valence-corrected chi connectivity index (χ3v) is 3.90. The second-order valence-electron chi connectivity index (χ2n) is 6.15. The van der Waals surface area contributed by atoms with Gasteiger partial charge < -0.3 is 0 Å². The van der Waals surface area contributed by atoms with Gasteiger partial charge in [-0.1, -0.05) is 33.6 Å². The molecule has 14 heteroatoms. The quantitative estimate of drug-likeness (QED) is 0.262. The molecule has 1 atom stereocenters. The number of rotatable bonds is 7. The summed E-state index contributed by atoms with van der Waals surface area (Å²) in [5.41, 5.74) is -11.1. The minimum Gasteiger partial charge on any atom is -0.224 e. The van der Waals surface area contributed by atoms with Gasteiger partial charge in [0.15, 0.2) is 0 Å². The van der Waals surface area contributed by atoms with Gasteiger partial charge in [-0.05, 0) is 18.8 Å². The highest BCUT2D eigenvalue weighted by atomic mass is 19.4. The van der Waals surface area contributed by atoms with Gasteiger partial charge in [0, 0.05) is 6.42 Å². The maximum Gasteiger partial charge on any atom is 0.431 e. The van der Waals surface area contributed by atoms with E-state index in [4.69, 9.17) is 0 Å². The number of hydrogen-bond donors (Lipinski definition) is 0. The highest BCUT2D eigenvalue weighted by molar-refractivity contribution is 4.96. The Labute approximate surface area is 157 Å². The Balaban J connectivity index is 0. The topological polar surface area (TPSA) is 0 Å². The van der Waals surface area contributed by atoms with Crippen LogP contribution in [0.5, 0.6) is 0 Å². The van der Waals surface area contributed by atoms with E-state index in [0.717, 1.165) is 0 Å². The van der Waals surface area contributed by atoms with Crippen LogP contribution in [-0.2, 0) is 0 Å². The lowest BCUT2D eigenvalue weighted by Gasteiger charge is -2.32. The second kappa shape index (κ2) is 9.88. The molecule has 0 aromatic rings. The minimum atomic E-state index is -6.32. The fourth-order valence-electron chi connectivity index (χ4n) is 2.28. The van der Waals surface area contributed by atoms with Crippen LogP contribution in [0.1, 0.15) is 52.9 Å². The maximum atomic E-state index is 13.5. The molecule has 0 bridgehead atoms. The Morgan fingerprint density at radius 3 is 1.10 bits per heavy atom. The summed E-state index contributed by atoms with van der Waals surface area (Å²) >= 11 is 0. The molecule has 0 aliphatic carbocycles. The Morgan fingerprint density at radius 1 is 0.517 bits per heavy atom. The Kier molecular flexibility index (Phi) is 10.3. The maximum absolute atomic E-state index is 13.5. The molecular formula is C15H20F14. The van der Waals surface area contributed by atoms with E-state index in [-0.39, 0.29) is 0 Å². The summed E-state index contributed by atoms with van der Waals surface area (Å²) < 4.78 is 175. The summed E-state index contributed by atoms with van der Waals surface area (Å²) in [6.07, 6.45) is -32.2. The number of alkyl halides is 14. The molecule has 0 aromatic heterocycles. The smallest absolute Gasteiger partial charge is 0.224 e. The monoisotopic (exact) mass is 466 g/mol. The Morgan fingerprint density at radius 2 is 0.828 bits per heavy atom. The first-order valence-corrected chi connectivity index (χ1v) is 8.25. The van der Waals surface area contributed by atoms with Crippen LogP contribution in [-0.4, -0.2) is 36.0 Å². The lowest BCUT2D eigenvalue weighted by atomic mass is 9.87. The zero-order valence-corrected chi connectivity index (χ0v) is 15.4. The minimum absolute atomic E-state index is 0.710. The molecule has 0 radical (unpaired) electrons. The summed E-state index contributed by atoms with van der Waals surface area (Å²) in [7, 11) is 0. The van der Waals surface area contributed by atoms with Crippen LogP contribution in [0.25, 0.3) is 0 Å². The van der Waals surface area contributed by atoms with Crippen molar-refractivity contribution in [3.63, 3.8) is 0 Å². The van der Waals surface area contributed by atoms with Crippen molar-refractivity contribution in [2.24, 2.45) is 5.92 Å². The van der Waals surface area contributed by atoms with Crippen LogP contribution < -0.4 is 0 Å². The van der Waals surface area contributed by atoms with Gasteiger partial charge in [0.05, 0.1) is 0 Å². The van der Waals surface area contributed by atoms with Crippen molar-refractivity contribution in [1.82, 2.24) is 0 Å². The molecule has 0 aliphatic rings. The lowest BCUT2D eigenvalue weighted by molar-refractivity contribution is -0.346. The van der Waals surface area contributed by atoms with E-state index >= 15 is 0 Å². The fourth-order valence-corrected chi connectivity index (χ4v) is 2.28. The molecule has 0 rings (SSSR count). The number of halogens is 14. The predicted octanol–water partition coefficient (Wildman–Crippen LogP) is 8.27. The van der Waals surface area contributed by atoms with Gasteiger partial charge in [0.1, 0.15) is 0 Å². The highest BCUT2D eigenvalue weighted by Crippen LogP contribution is 2.51. The van der Waals surface area contributed by atoms with E-state index in [9.17, 15) is 61.5 Å². The number of hydrogen-bond acceptors (Lipinski definition) is 0. The molecule has 0 aromatic carbocycles. The van der Waals surface area contributed by atoms with Crippen LogP contribution >= 0.6 is 0 Å². The van der Waals surface area contributed by atoms with Crippen molar-refractivity contribution in [1.29, 1.82) is 0 Å². The lowest BCUT2D eigenvalue weighted by Crippen LogP contribution is -2.54. The van der Waals surface area contributed by atoms with E-state index in [2.05, 4.69) is 0 Å². The van der Waals surface area contributed by atoms with Crippen molar-refractivity contribution in [3.05, 3.63) is 0 Å². The molecule has 0 heterocycles. The zero-order valence-electron chi connectivity index (χ0n) is 15.4. The van der Waals surface area contributed by atoms with Crippen molar-refractivity contribution >= 4 is 0 Å². The first-order valence-electron chi connectivity index (χ1n) is 8.25. The van der Waals surface area contributed by atoms with Crippen LogP contribution in [0.2, 0.25) is 0 Å². The normalized spacial score (nSPS) is 15.6. The van der Waals surface area contributed by atoms with E-state index in [1.54, 1.807) is 0 Å². The van der Waals surface area contributed by atoms with Gasteiger partial charge in [-0.3, -0.25) is 0 Å². The molecule has 0 saturated heterocycles. The molecule has 0 fully saturated rings. The molecular weight excluding hydrogens is 446 g/mol. The zero-order chi connectivity index (χ0) is 24.1. The van der Waals surface area contributed by atoms with Gasteiger partial charge >= 0.3 is 24.7 Å². The molecule has 0 saturated carbocycles. The SMILES string of the molecule is CC.CC(CCCCC(F)(C(F)(F)F)C(F)(F)F)CC(F)(C(F)(F)F)C(F)(F)F. The third kappa shape index (κ3) is 7.34. The van der Waals surface area contributed by atoms with Crippen molar-refractivity contribution in [2.45, 2.75) is 88.9 Å². The van der Waals surface area contributed by atoms with Crippen molar-refractivity contribution in [3.8, 4) is 0 Å².